The normalized spacial score (nSPS) is 11.9. The number of rotatable bonds is 6. The number of hydrogen-bond acceptors (Lipinski definition) is 5. The van der Waals surface area contributed by atoms with Crippen LogP contribution in [0, 0.1) is 13.8 Å². The van der Waals surface area contributed by atoms with Gasteiger partial charge in [-0.15, -0.1) is 0 Å². The highest BCUT2D eigenvalue weighted by atomic mass is 35.5. The molecule has 7 heteroatoms. The zero-order valence-electron chi connectivity index (χ0n) is 16.3. The van der Waals surface area contributed by atoms with Gasteiger partial charge in [0.2, 0.25) is 11.7 Å². The lowest BCUT2D eigenvalue weighted by molar-refractivity contribution is -0.137. The minimum absolute atomic E-state index is 0.192. The lowest BCUT2D eigenvalue weighted by Gasteiger charge is -2.21. The maximum absolute atomic E-state index is 12.6. The summed E-state index contributed by atoms with van der Waals surface area (Å²) in [6, 6.07) is 13.1. The summed E-state index contributed by atoms with van der Waals surface area (Å²) in [5.41, 5.74) is 2.88. The van der Waals surface area contributed by atoms with Crippen molar-refractivity contribution in [2.45, 2.75) is 33.4 Å². The van der Waals surface area contributed by atoms with Gasteiger partial charge in [0.1, 0.15) is 5.75 Å². The number of nitrogens with zero attached hydrogens (tertiary/aromatic N) is 3. The SMILES string of the molecule is Cc1cccc(-c2noc(CN(C)C(=O)C(C)Oc3ccc(Cl)c(C)c3)n2)c1. The zero-order valence-corrected chi connectivity index (χ0v) is 17.0. The van der Waals surface area contributed by atoms with Crippen LogP contribution in [0.5, 0.6) is 5.75 Å². The van der Waals surface area contributed by atoms with Gasteiger partial charge in [-0.2, -0.15) is 4.98 Å². The van der Waals surface area contributed by atoms with Gasteiger partial charge in [-0.05, 0) is 50.6 Å². The van der Waals surface area contributed by atoms with E-state index < -0.39 is 6.10 Å². The van der Waals surface area contributed by atoms with Crippen LogP contribution in [0.3, 0.4) is 0 Å². The number of hydrogen-bond donors (Lipinski definition) is 0. The summed E-state index contributed by atoms with van der Waals surface area (Å²) < 4.78 is 11.0. The lowest BCUT2D eigenvalue weighted by atomic mass is 10.1. The van der Waals surface area contributed by atoms with Crippen molar-refractivity contribution >= 4 is 17.5 Å². The molecule has 0 aliphatic carbocycles. The number of carbonyl (C=O) groups is 1. The number of halogens is 1. The van der Waals surface area contributed by atoms with Gasteiger partial charge in [-0.1, -0.05) is 40.5 Å². The molecular formula is C21H22ClN3O3. The van der Waals surface area contributed by atoms with Crippen molar-refractivity contribution in [2.24, 2.45) is 0 Å². The second-order valence-corrected chi connectivity index (χ2v) is 7.15. The number of amides is 1. The first-order valence-electron chi connectivity index (χ1n) is 8.91. The van der Waals surface area contributed by atoms with Gasteiger partial charge < -0.3 is 14.2 Å². The third-order valence-electron chi connectivity index (χ3n) is 4.28. The van der Waals surface area contributed by atoms with E-state index in [0.717, 1.165) is 16.7 Å². The monoisotopic (exact) mass is 399 g/mol. The standard InChI is InChI=1S/C21H22ClN3O3/c1-13-6-5-7-16(10-13)20-23-19(28-24-20)12-25(4)21(26)15(3)27-17-8-9-18(22)14(2)11-17/h5-11,15H,12H2,1-4H3. The number of carbonyl (C=O) groups excluding carboxylic acids is 1. The Morgan fingerprint density at radius 1 is 1.25 bits per heavy atom. The van der Waals surface area contributed by atoms with Crippen LogP contribution in [0.2, 0.25) is 5.02 Å². The molecule has 0 aliphatic heterocycles. The highest BCUT2D eigenvalue weighted by molar-refractivity contribution is 6.31. The van der Waals surface area contributed by atoms with E-state index in [0.29, 0.717) is 22.5 Å². The van der Waals surface area contributed by atoms with Gasteiger partial charge >= 0.3 is 0 Å². The molecule has 0 aliphatic rings. The van der Waals surface area contributed by atoms with E-state index in [2.05, 4.69) is 10.1 Å². The molecule has 3 aromatic rings. The molecule has 1 unspecified atom stereocenters. The van der Waals surface area contributed by atoms with Crippen molar-refractivity contribution in [1.29, 1.82) is 0 Å². The second-order valence-electron chi connectivity index (χ2n) is 6.75. The molecule has 0 spiro atoms. The van der Waals surface area contributed by atoms with Crippen LogP contribution in [-0.4, -0.2) is 34.1 Å². The topological polar surface area (TPSA) is 68.5 Å². The van der Waals surface area contributed by atoms with Crippen LogP contribution < -0.4 is 4.74 Å². The molecule has 0 N–H and O–H groups in total. The Balaban J connectivity index is 1.63. The number of ether oxygens (including phenoxy) is 1. The number of aromatic nitrogens is 2. The fourth-order valence-corrected chi connectivity index (χ4v) is 2.87. The van der Waals surface area contributed by atoms with E-state index in [1.807, 2.05) is 38.1 Å². The van der Waals surface area contributed by atoms with Gasteiger partial charge in [0.05, 0.1) is 6.54 Å². The summed E-state index contributed by atoms with van der Waals surface area (Å²) in [5, 5.41) is 4.66. The first-order valence-corrected chi connectivity index (χ1v) is 9.28. The largest absolute Gasteiger partial charge is 0.481 e. The molecule has 0 saturated carbocycles. The fraction of sp³-hybridized carbons (Fsp3) is 0.286. The first kappa shape index (κ1) is 19.9. The van der Waals surface area contributed by atoms with Gasteiger partial charge in [-0.25, -0.2) is 0 Å². The van der Waals surface area contributed by atoms with Crippen LogP contribution in [0.15, 0.2) is 47.0 Å². The predicted molar refractivity (Wildman–Crippen MR) is 107 cm³/mol. The summed E-state index contributed by atoms with van der Waals surface area (Å²) in [5.74, 6) is 1.26. The predicted octanol–water partition coefficient (Wildman–Crippen LogP) is 4.43. The van der Waals surface area contributed by atoms with E-state index >= 15 is 0 Å². The van der Waals surface area contributed by atoms with E-state index in [-0.39, 0.29) is 12.5 Å². The highest BCUT2D eigenvalue weighted by Gasteiger charge is 2.21. The van der Waals surface area contributed by atoms with Crippen molar-refractivity contribution in [3.8, 4) is 17.1 Å². The Bertz CT molecular complexity index is 987. The molecule has 1 heterocycles. The van der Waals surface area contributed by atoms with Crippen molar-refractivity contribution in [1.82, 2.24) is 15.0 Å². The van der Waals surface area contributed by atoms with E-state index in [1.54, 1.807) is 32.2 Å². The summed E-state index contributed by atoms with van der Waals surface area (Å²) >= 11 is 6.02. The molecule has 0 bridgehead atoms. The molecule has 2 aromatic carbocycles. The second kappa shape index (κ2) is 8.44. The average molecular weight is 400 g/mol. The smallest absolute Gasteiger partial charge is 0.263 e. The zero-order chi connectivity index (χ0) is 20.3. The van der Waals surface area contributed by atoms with E-state index in [9.17, 15) is 4.79 Å². The van der Waals surface area contributed by atoms with E-state index in [4.69, 9.17) is 20.9 Å². The minimum Gasteiger partial charge on any atom is -0.481 e. The van der Waals surface area contributed by atoms with Crippen LogP contribution in [0.4, 0.5) is 0 Å². The van der Waals surface area contributed by atoms with Crippen molar-refractivity contribution < 1.29 is 14.1 Å². The summed E-state index contributed by atoms with van der Waals surface area (Å²) in [6.45, 7) is 5.79. The van der Waals surface area contributed by atoms with Gasteiger partial charge in [0.15, 0.2) is 6.10 Å². The lowest BCUT2D eigenvalue weighted by Crippen LogP contribution is -2.37. The maximum atomic E-state index is 12.6. The van der Waals surface area contributed by atoms with Crippen LogP contribution in [-0.2, 0) is 11.3 Å². The molecule has 1 atom stereocenters. The van der Waals surface area contributed by atoms with Crippen LogP contribution in [0.1, 0.15) is 23.9 Å². The average Bonchev–Trinajstić information content (AvgIpc) is 3.12. The number of likely N-dealkylation sites (N-methyl/N-ethyl adjacent to an activating group) is 1. The summed E-state index contributed by atoms with van der Waals surface area (Å²) in [6.07, 6.45) is -0.662. The Hall–Kier alpha value is -2.86. The van der Waals surface area contributed by atoms with Crippen molar-refractivity contribution in [3.63, 3.8) is 0 Å². The molecule has 0 saturated heterocycles. The first-order chi connectivity index (χ1) is 13.3. The van der Waals surface area contributed by atoms with Gasteiger partial charge in [0.25, 0.3) is 5.91 Å². The molecule has 28 heavy (non-hydrogen) atoms. The fourth-order valence-electron chi connectivity index (χ4n) is 2.76. The van der Waals surface area contributed by atoms with Gasteiger partial charge in [-0.3, -0.25) is 4.79 Å². The summed E-state index contributed by atoms with van der Waals surface area (Å²) in [4.78, 5) is 18.5. The van der Waals surface area contributed by atoms with Gasteiger partial charge in [0, 0.05) is 17.6 Å². The third-order valence-corrected chi connectivity index (χ3v) is 4.71. The number of aryl methyl sites for hydroxylation is 2. The summed E-state index contributed by atoms with van der Waals surface area (Å²) in [7, 11) is 1.67. The molecule has 1 aromatic heterocycles. The van der Waals surface area contributed by atoms with Crippen molar-refractivity contribution in [3.05, 3.63) is 64.5 Å². The minimum atomic E-state index is -0.662. The maximum Gasteiger partial charge on any atom is 0.263 e. The molecule has 146 valence electrons. The Labute approximate surface area is 169 Å². The quantitative estimate of drug-likeness (QED) is 0.613. The molecule has 6 nitrogen and oxygen atoms in total. The molecule has 1 amide bonds. The Kier molecular flexibility index (Phi) is 5.99. The Morgan fingerprint density at radius 3 is 2.75 bits per heavy atom. The Morgan fingerprint density at radius 2 is 2.04 bits per heavy atom. The third kappa shape index (κ3) is 4.70. The van der Waals surface area contributed by atoms with Crippen molar-refractivity contribution in [2.75, 3.05) is 7.05 Å². The molecule has 0 radical (unpaired) electrons. The highest BCUT2D eigenvalue weighted by Crippen LogP contribution is 2.22. The van der Waals surface area contributed by atoms with Crippen LogP contribution in [0.25, 0.3) is 11.4 Å². The van der Waals surface area contributed by atoms with Crippen LogP contribution >= 0.6 is 11.6 Å². The number of benzene rings is 2. The van der Waals surface area contributed by atoms with E-state index in [1.165, 1.54) is 4.90 Å². The molecular weight excluding hydrogens is 378 g/mol. The molecule has 0 fully saturated rings. The molecule has 3 rings (SSSR count).